The van der Waals surface area contributed by atoms with Crippen molar-refractivity contribution in [3.05, 3.63) is 35.7 Å². The summed E-state index contributed by atoms with van der Waals surface area (Å²) in [6.45, 7) is 2.20. The number of carbonyl (C=O) groups is 1. The number of likely N-dealkylation sites (N-methyl/N-ethyl adjacent to an activating group) is 2. The van der Waals surface area contributed by atoms with Crippen molar-refractivity contribution in [2.24, 2.45) is 4.99 Å². The van der Waals surface area contributed by atoms with E-state index in [1.807, 2.05) is 37.2 Å². The Balaban J connectivity index is 1.74. The summed E-state index contributed by atoms with van der Waals surface area (Å²) in [5, 5.41) is 14.5. The highest BCUT2D eigenvalue weighted by atomic mass is 16.5. The van der Waals surface area contributed by atoms with Crippen LogP contribution in [0.4, 0.5) is 11.5 Å². The van der Waals surface area contributed by atoms with E-state index in [0.717, 1.165) is 24.2 Å². The molecule has 0 atom stereocenters. The third-order valence-corrected chi connectivity index (χ3v) is 5.70. The highest BCUT2D eigenvalue weighted by molar-refractivity contribution is 6.06. The molecule has 0 spiro atoms. The Morgan fingerprint density at radius 1 is 1.15 bits per heavy atom. The Labute approximate surface area is 192 Å². The number of methoxy groups -OCH3 is 1. The Bertz CT molecular complexity index is 1170. The van der Waals surface area contributed by atoms with Crippen LogP contribution in [0.2, 0.25) is 0 Å². The molecule has 2 aromatic heterocycles. The van der Waals surface area contributed by atoms with Gasteiger partial charge in [0.1, 0.15) is 23.5 Å². The molecular weight excluding hydrogens is 422 g/mol. The van der Waals surface area contributed by atoms with Crippen molar-refractivity contribution < 1.29 is 14.6 Å². The molecule has 0 aliphatic carbocycles. The van der Waals surface area contributed by atoms with Crippen LogP contribution >= 0.6 is 0 Å². The fourth-order valence-electron chi connectivity index (χ4n) is 3.90. The quantitative estimate of drug-likeness (QED) is 0.520. The van der Waals surface area contributed by atoms with Crippen LogP contribution in [0.3, 0.4) is 0 Å². The van der Waals surface area contributed by atoms with E-state index in [1.54, 1.807) is 18.2 Å². The van der Waals surface area contributed by atoms with Crippen LogP contribution in [0, 0.1) is 0 Å². The SMILES string of the molecule is COc1ccc2cc1CN(C)CC(=O)N(C)CCCCNc1ncnc3[nH]c(O)c(c13)C=N2. The van der Waals surface area contributed by atoms with Crippen LogP contribution in [0.5, 0.6) is 11.6 Å². The number of hydrogen-bond acceptors (Lipinski definition) is 8. The van der Waals surface area contributed by atoms with Crippen molar-refractivity contribution in [2.45, 2.75) is 19.4 Å². The van der Waals surface area contributed by atoms with Crippen molar-refractivity contribution in [1.29, 1.82) is 0 Å². The summed E-state index contributed by atoms with van der Waals surface area (Å²) >= 11 is 0. The van der Waals surface area contributed by atoms with E-state index in [-0.39, 0.29) is 11.8 Å². The van der Waals surface area contributed by atoms with Gasteiger partial charge in [0.05, 0.1) is 30.3 Å². The zero-order chi connectivity index (χ0) is 23.4. The highest BCUT2D eigenvalue weighted by Gasteiger charge is 2.17. The number of amides is 1. The lowest BCUT2D eigenvalue weighted by molar-refractivity contribution is -0.131. The second-order valence-electron chi connectivity index (χ2n) is 8.21. The summed E-state index contributed by atoms with van der Waals surface area (Å²) in [6, 6.07) is 5.62. The summed E-state index contributed by atoms with van der Waals surface area (Å²) in [4.78, 5) is 32.4. The highest BCUT2D eigenvalue weighted by Crippen LogP contribution is 2.31. The van der Waals surface area contributed by atoms with Gasteiger partial charge in [-0.2, -0.15) is 0 Å². The maximum atomic E-state index is 12.6. The van der Waals surface area contributed by atoms with Crippen molar-refractivity contribution in [3.8, 4) is 11.6 Å². The predicted molar refractivity (Wildman–Crippen MR) is 127 cm³/mol. The van der Waals surface area contributed by atoms with Gasteiger partial charge in [-0.3, -0.25) is 14.7 Å². The predicted octanol–water partition coefficient (Wildman–Crippen LogP) is 2.52. The fourth-order valence-corrected chi connectivity index (χ4v) is 3.90. The van der Waals surface area contributed by atoms with Gasteiger partial charge in [0.25, 0.3) is 0 Å². The van der Waals surface area contributed by atoms with E-state index in [9.17, 15) is 9.90 Å². The average molecular weight is 452 g/mol. The van der Waals surface area contributed by atoms with Crippen molar-refractivity contribution in [2.75, 3.05) is 46.2 Å². The molecule has 0 radical (unpaired) electrons. The summed E-state index contributed by atoms with van der Waals surface area (Å²) in [7, 11) is 5.37. The van der Waals surface area contributed by atoms with Crippen LogP contribution in [0.25, 0.3) is 11.0 Å². The first-order chi connectivity index (χ1) is 16.0. The smallest absolute Gasteiger partial charge is 0.236 e. The van der Waals surface area contributed by atoms with Gasteiger partial charge in [0, 0.05) is 38.5 Å². The molecule has 3 N–H and O–H groups in total. The third kappa shape index (κ3) is 5.06. The van der Waals surface area contributed by atoms with Gasteiger partial charge < -0.3 is 25.0 Å². The van der Waals surface area contributed by atoms with E-state index < -0.39 is 0 Å². The number of aliphatic imine (C=N–C) groups is 1. The molecule has 3 aromatic rings. The molecule has 1 aliphatic heterocycles. The van der Waals surface area contributed by atoms with E-state index >= 15 is 0 Å². The maximum Gasteiger partial charge on any atom is 0.236 e. The summed E-state index contributed by atoms with van der Waals surface area (Å²) in [5.74, 6) is 1.41. The second-order valence-corrected chi connectivity index (χ2v) is 8.21. The fraction of sp³-hybridized carbons (Fsp3) is 0.391. The number of nitrogens with zero attached hydrogens (tertiary/aromatic N) is 5. The minimum absolute atomic E-state index is 0.0136. The first-order valence-corrected chi connectivity index (χ1v) is 10.9. The number of anilines is 1. The lowest BCUT2D eigenvalue weighted by Gasteiger charge is -2.23. The van der Waals surface area contributed by atoms with Gasteiger partial charge in [-0.1, -0.05) is 0 Å². The van der Waals surface area contributed by atoms with Crippen molar-refractivity contribution in [1.82, 2.24) is 24.8 Å². The van der Waals surface area contributed by atoms with E-state index in [0.29, 0.717) is 54.3 Å². The molecule has 1 aliphatic rings. The molecule has 0 saturated carbocycles. The first kappa shape index (κ1) is 22.5. The number of nitrogens with one attached hydrogen (secondary N) is 2. The zero-order valence-corrected chi connectivity index (χ0v) is 19.1. The van der Waals surface area contributed by atoms with Crippen molar-refractivity contribution >= 4 is 34.7 Å². The monoisotopic (exact) mass is 451 g/mol. The number of aromatic nitrogens is 3. The Kier molecular flexibility index (Phi) is 6.74. The molecule has 10 heteroatoms. The minimum atomic E-state index is -0.0136. The number of rotatable bonds is 1. The molecule has 33 heavy (non-hydrogen) atoms. The molecule has 174 valence electrons. The molecule has 4 rings (SSSR count). The Morgan fingerprint density at radius 3 is 2.82 bits per heavy atom. The number of aromatic hydroxyl groups is 1. The number of ether oxygens (including phenoxy) is 1. The lowest BCUT2D eigenvalue weighted by atomic mass is 10.1. The standard InChI is InChI=1S/C23H29N7O3/c1-29-12-15-10-16(6-7-18(15)33-3)25-11-17-20-21(26-14-27-22(20)28-23(17)32)24-8-4-5-9-30(2)19(31)13-29/h6-7,10-11,14,32H,4-5,8-9,12-13H2,1-3H3,(H2,24,26,27,28). The molecule has 2 bridgehead atoms. The topological polar surface area (TPSA) is 119 Å². The zero-order valence-electron chi connectivity index (χ0n) is 19.1. The van der Waals surface area contributed by atoms with E-state index in [4.69, 9.17) is 4.74 Å². The van der Waals surface area contributed by atoms with Gasteiger partial charge in [-0.25, -0.2) is 9.97 Å². The Hall–Kier alpha value is -3.66. The van der Waals surface area contributed by atoms with Crippen molar-refractivity contribution in [3.63, 3.8) is 0 Å². The minimum Gasteiger partial charge on any atom is -0.496 e. The normalized spacial score (nSPS) is 16.3. The number of benzene rings is 1. The number of hydrogen-bond donors (Lipinski definition) is 3. The van der Waals surface area contributed by atoms with Crippen LogP contribution in [0.1, 0.15) is 24.0 Å². The van der Waals surface area contributed by atoms with Gasteiger partial charge in [0.15, 0.2) is 5.88 Å². The number of H-pyrrole nitrogens is 1. The Morgan fingerprint density at radius 2 is 2.00 bits per heavy atom. The number of carbonyl (C=O) groups excluding carboxylic acids is 1. The second kappa shape index (κ2) is 9.86. The third-order valence-electron chi connectivity index (χ3n) is 5.70. The van der Waals surface area contributed by atoms with Gasteiger partial charge in [0.2, 0.25) is 5.91 Å². The molecule has 0 fully saturated rings. The van der Waals surface area contributed by atoms with Gasteiger partial charge in [-0.15, -0.1) is 0 Å². The lowest BCUT2D eigenvalue weighted by Crippen LogP contribution is -2.37. The van der Waals surface area contributed by atoms with Gasteiger partial charge >= 0.3 is 0 Å². The first-order valence-electron chi connectivity index (χ1n) is 10.9. The summed E-state index contributed by atoms with van der Waals surface area (Å²) in [5.41, 5.74) is 2.67. The van der Waals surface area contributed by atoms with Crippen LogP contribution in [-0.4, -0.2) is 82.8 Å². The molecule has 1 amide bonds. The van der Waals surface area contributed by atoms with Crippen LogP contribution < -0.4 is 10.1 Å². The molecule has 0 unspecified atom stereocenters. The van der Waals surface area contributed by atoms with E-state index in [2.05, 4.69) is 25.3 Å². The summed E-state index contributed by atoms with van der Waals surface area (Å²) < 4.78 is 5.51. The molecule has 0 saturated heterocycles. The van der Waals surface area contributed by atoms with Crippen LogP contribution in [0.15, 0.2) is 29.5 Å². The largest absolute Gasteiger partial charge is 0.496 e. The maximum absolute atomic E-state index is 12.6. The van der Waals surface area contributed by atoms with E-state index in [1.165, 1.54) is 6.33 Å². The molecule has 1 aromatic carbocycles. The number of aromatic amines is 1. The average Bonchev–Trinajstić information content (AvgIpc) is 3.12. The van der Waals surface area contributed by atoms with Crippen LogP contribution in [-0.2, 0) is 11.3 Å². The summed E-state index contributed by atoms with van der Waals surface area (Å²) in [6.07, 6.45) is 4.78. The molecule has 3 heterocycles. The van der Waals surface area contributed by atoms with Gasteiger partial charge in [-0.05, 0) is 38.1 Å². The molecule has 10 nitrogen and oxygen atoms in total. The molecular formula is C23H29N7O3. The number of fused-ring (bicyclic) bond motifs is 2.